The Morgan fingerprint density at radius 2 is 1.89 bits per heavy atom. The fourth-order valence-electron chi connectivity index (χ4n) is 1.96. The first-order valence-corrected chi connectivity index (χ1v) is 7.18. The van der Waals surface area contributed by atoms with Crippen molar-refractivity contribution >= 4 is 28.4 Å². The molecule has 0 aliphatic rings. The van der Waals surface area contributed by atoms with E-state index in [0.29, 0.717) is 0 Å². The molecule has 18 heavy (non-hydrogen) atoms. The first-order valence-electron chi connectivity index (χ1n) is 6.10. The van der Waals surface area contributed by atoms with Gasteiger partial charge < -0.3 is 0 Å². The number of halogens is 1. The maximum Gasteiger partial charge on any atom is 0.194 e. The highest BCUT2D eigenvalue weighted by Crippen LogP contribution is 2.17. The van der Waals surface area contributed by atoms with E-state index in [4.69, 9.17) is 0 Å². The molecule has 2 heteroatoms. The van der Waals surface area contributed by atoms with E-state index in [1.165, 1.54) is 5.56 Å². The number of hydrogen-bond acceptors (Lipinski definition) is 1. The van der Waals surface area contributed by atoms with Gasteiger partial charge in [0.2, 0.25) is 0 Å². The molecule has 0 aliphatic carbocycles. The van der Waals surface area contributed by atoms with Crippen LogP contribution in [0.2, 0.25) is 0 Å². The largest absolute Gasteiger partial charge is 0.289 e. The third-order valence-corrected chi connectivity index (χ3v) is 3.79. The molecule has 0 unspecified atom stereocenters. The average Bonchev–Trinajstić information content (AvgIpc) is 2.39. The van der Waals surface area contributed by atoms with Gasteiger partial charge in [-0.1, -0.05) is 43.7 Å². The average molecular weight is 350 g/mol. The van der Waals surface area contributed by atoms with Crippen LogP contribution >= 0.6 is 22.6 Å². The van der Waals surface area contributed by atoms with Crippen molar-refractivity contribution in [2.75, 3.05) is 0 Å². The van der Waals surface area contributed by atoms with Crippen LogP contribution < -0.4 is 0 Å². The molecule has 0 bridgehead atoms. The van der Waals surface area contributed by atoms with Gasteiger partial charge in [0.1, 0.15) is 0 Å². The van der Waals surface area contributed by atoms with Gasteiger partial charge in [0.25, 0.3) is 0 Å². The molecule has 0 heterocycles. The molecule has 92 valence electrons. The molecule has 0 fully saturated rings. The molecule has 1 nitrogen and oxygen atoms in total. The molecule has 0 amide bonds. The standard InChI is InChI=1S/C16H15IO/c1-2-6-12-7-5-8-13(11-12)16(18)14-9-3-4-10-15(14)17/h3-5,7-11H,2,6H2,1H3. The molecule has 0 aromatic heterocycles. The summed E-state index contributed by atoms with van der Waals surface area (Å²) in [6.07, 6.45) is 2.12. The van der Waals surface area contributed by atoms with Gasteiger partial charge in [0, 0.05) is 14.7 Å². The second kappa shape index (κ2) is 6.14. The van der Waals surface area contributed by atoms with Gasteiger partial charge in [-0.3, -0.25) is 4.79 Å². The maximum atomic E-state index is 12.4. The Morgan fingerprint density at radius 1 is 1.11 bits per heavy atom. The minimum absolute atomic E-state index is 0.109. The summed E-state index contributed by atoms with van der Waals surface area (Å²) in [5.41, 5.74) is 2.80. The van der Waals surface area contributed by atoms with Gasteiger partial charge in [-0.15, -0.1) is 0 Å². The summed E-state index contributed by atoms with van der Waals surface area (Å²) < 4.78 is 1.00. The number of carbonyl (C=O) groups is 1. The van der Waals surface area contributed by atoms with E-state index in [1.807, 2.05) is 42.5 Å². The monoisotopic (exact) mass is 350 g/mol. The lowest BCUT2D eigenvalue weighted by Gasteiger charge is -2.05. The van der Waals surface area contributed by atoms with Crippen molar-refractivity contribution < 1.29 is 4.79 Å². The third kappa shape index (κ3) is 2.99. The summed E-state index contributed by atoms with van der Waals surface area (Å²) >= 11 is 2.21. The molecule has 0 radical (unpaired) electrons. The lowest BCUT2D eigenvalue weighted by atomic mass is 10.00. The summed E-state index contributed by atoms with van der Waals surface area (Å²) in [5, 5.41) is 0. The van der Waals surface area contributed by atoms with Gasteiger partial charge in [-0.05, 0) is 52.8 Å². The molecule has 0 atom stereocenters. The van der Waals surface area contributed by atoms with E-state index in [9.17, 15) is 4.79 Å². The van der Waals surface area contributed by atoms with E-state index in [0.717, 1.165) is 27.5 Å². The Kier molecular flexibility index (Phi) is 4.53. The quantitative estimate of drug-likeness (QED) is 0.587. The highest BCUT2D eigenvalue weighted by Gasteiger charge is 2.11. The van der Waals surface area contributed by atoms with E-state index in [2.05, 4.69) is 35.6 Å². The van der Waals surface area contributed by atoms with Crippen LogP contribution in [0, 0.1) is 3.57 Å². The van der Waals surface area contributed by atoms with E-state index in [1.54, 1.807) is 0 Å². The minimum Gasteiger partial charge on any atom is -0.289 e. The highest BCUT2D eigenvalue weighted by atomic mass is 127. The molecular formula is C16H15IO. The number of hydrogen-bond donors (Lipinski definition) is 0. The molecule has 2 aromatic rings. The molecule has 2 aromatic carbocycles. The van der Waals surface area contributed by atoms with Crippen LogP contribution in [0.15, 0.2) is 48.5 Å². The maximum absolute atomic E-state index is 12.4. The van der Waals surface area contributed by atoms with Gasteiger partial charge in [0.05, 0.1) is 0 Å². The fourth-order valence-corrected chi connectivity index (χ4v) is 2.59. The molecule has 2 rings (SSSR count). The van der Waals surface area contributed by atoms with Crippen LogP contribution in [-0.2, 0) is 6.42 Å². The minimum atomic E-state index is 0.109. The number of carbonyl (C=O) groups excluding carboxylic acids is 1. The number of rotatable bonds is 4. The van der Waals surface area contributed by atoms with E-state index in [-0.39, 0.29) is 5.78 Å². The molecule has 0 saturated heterocycles. The zero-order chi connectivity index (χ0) is 13.0. The molecular weight excluding hydrogens is 335 g/mol. The van der Waals surface area contributed by atoms with Crippen LogP contribution in [0.25, 0.3) is 0 Å². The SMILES string of the molecule is CCCc1cccc(C(=O)c2ccccc2I)c1. The van der Waals surface area contributed by atoms with Crippen LogP contribution in [0.4, 0.5) is 0 Å². The molecule has 0 aliphatic heterocycles. The fraction of sp³-hybridized carbons (Fsp3) is 0.188. The van der Waals surface area contributed by atoms with Gasteiger partial charge >= 0.3 is 0 Å². The van der Waals surface area contributed by atoms with Crippen molar-refractivity contribution in [3.63, 3.8) is 0 Å². The van der Waals surface area contributed by atoms with E-state index >= 15 is 0 Å². The number of benzene rings is 2. The van der Waals surface area contributed by atoms with E-state index < -0.39 is 0 Å². The topological polar surface area (TPSA) is 17.1 Å². The molecule has 0 saturated carbocycles. The lowest BCUT2D eigenvalue weighted by molar-refractivity contribution is 0.103. The highest BCUT2D eigenvalue weighted by molar-refractivity contribution is 14.1. The Bertz CT molecular complexity index is 561. The van der Waals surface area contributed by atoms with Crippen LogP contribution in [-0.4, -0.2) is 5.78 Å². The normalized spacial score (nSPS) is 10.3. The van der Waals surface area contributed by atoms with Crippen LogP contribution in [0.3, 0.4) is 0 Å². The third-order valence-electron chi connectivity index (χ3n) is 2.85. The first kappa shape index (κ1) is 13.3. The van der Waals surface area contributed by atoms with Gasteiger partial charge in [0.15, 0.2) is 5.78 Å². The summed E-state index contributed by atoms with van der Waals surface area (Å²) in [7, 11) is 0. The Balaban J connectivity index is 2.34. The molecule has 0 spiro atoms. The van der Waals surface area contributed by atoms with Crippen LogP contribution in [0.5, 0.6) is 0 Å². The van der Waals surface area contributed by atoms with Gasteiger partial charge in [-0.2, -0.15) is 0 Å². The first-order chi connectivity index (χ1) is 8.72. The van der Waals surface area contributed by atoms with Crippen molar-refractivity contribution in [1.29, 1.82) is 0 Å². The number of aryl methyl sites for hydroxylation is 1. The summed E-state index contributed by atoms with van der Waals surface area (Å²) in [6.45, 7) is 2.15. The van der Waals surface area contributed by atoms with Crippen molar-refractivity contribution in [2.45, 2.75) is 19.8 Å². The van der Waals surface area contributed by atoms with Crippen molar-refractivity contribution in [2.24, 2.45) is 0 Å². The Morgan fingerprint density at radius 3 is 2.61 bits per heavy atom. The second-order valence-electron chi connectivity index (χ2n) is 4.26. The number of ketones is 1. The van der Waals surface area contributed by atoms with Crippen molar-refractivity contribution in [3.8, 4) is 0 Å². The van der Waals surface area contributed by atoms with Crippen molar-refractivity contribution in [1.82, 2.24) is 0 Å². The lowest BCUT2D eigenvalue weighted by Crippen LogP contribution is -2.04. The molecule has 0 N–H and O–H groups in total. The summed E-state index contributed by atoms with van der Waals surface area (Å²) in [4.78, 5) is 12.4. The van der Waals surface area contributed by atoms with Crippen LogP contribution in [0.1, 0.15) is 34.8 Å². The summed E-state index contributed by atoms with van der Waals surface area (Å²) in [6, 6.07) is 15.7. The zero-order valence-electron chi connectivity index (χ0n) is 10.3. The Hall–Kier alpha value is -1.16. The smallest absolute Gasteiger partial charge is 0.194 e. The predicted molar refractivity (Wildman–Crippen MR) is 83.0 cm³/mol. The van der Waals surface area contributed by atoms with Gasteiger partial charge in [-0.25, -0.2) is 0 Å². The van der Waals surface area contributed by atoms with Crippen molar-refractivity contribution in [3.05, 3.63) is 68.8 Å². The zero-order valence-corrected chi connectivity index (χ0v) is 12.5. The Labute approximate surface area is 121 Å². The summed E-state index contributed by atoms with van der Waals surface area (Å²) in [5.74, 6) is 0.109. The predicted octanol–water partition coefficient (Wildman–Crippen LogP) is 4.47. The second-order valence-corrected chi connectivity index (χ2v) is 5.42.